The number of nitrogens with one attached hydrogen (secondary N) is 1. The summed E-state index contributed by atoms with van der Waals surface area (Å²) < 4.78 is 13.0. The lowest BCUT2D eigenvalue weighted by molar-refractivity contribution is -0.119. The average Bonchev–Trinajstić information content (AvgIpc) is 3.26. The molecule has 170 valence electrons. The van der Waals surface area contributed by atoms with E-state index in [-0.39, 0.29) is 11.5 Å². The molecule has 0 saturated heterocycles. The molecule has 0 aliphatic carbocycles. The first-order valence-electron chi connectivity index (χ1n) is 10.2. The topological polar surface area (TPSA) is 82.4 Å². The Kier molecular flexibility index (Phi) is 6.80. The molecule has 1 atom stereocenters. The Labute approximate surface area is 203 Å². The monoisotopic (exact) mass is 527 g/mol. The lowest BCUT2D eigenvalue weighted by atomic mass is 10.1. The third-order valence-electron chi connectivity index (χ3n) is 5.36. The minimum absolute atomic E-state index is 0.251. The summed E-state index contributed by atoms with van der Waals surface area (Å²) >= 11 is 4.85. The van der Waals surface area contributed by atoms with E-state index in [1.165, 1.54) is 29.3 Å². The largest absolute Gasteiger partial charge is 0.497 e. The number of benzene rings is 2. The SMILES string of the molecule is CCC(C(=O)Nc1cc(OC)ccc1OC)n1cnc2scc(-c3ccc(Br)cc3)c2c1=O. The van der Waals surface area contributed by atoms with Crippen LogP contribution in [0.3, 0.4) is 0 Å². The van der Waals surface area contributed by atoms with Crippen LogP contribution in [0.1, 0.15) is 19.4 Å². The quantitative estimate of drug-likeness (QED) is 0.343. The van der Waals surface area contributed by atoms with Gasteiger partial charge in [-0.3, -0.25) is 14.2 Å². The molecule has 2 aromatic heterocycles. The van der Waals surface area contributed by atoms with Crippen molar-refractivity contribution in [1.82, 2.24) is 9.55 Å². The van der Waals surface area contributed by atoms with Crippen molar-refractivity contribution in [2.24, 2.45) is 0 Å². The van der Waals surface area contributed by atoms with E-state index in [1.807, 2.05) is 36.6 Å². The van der Waals surface area contributed by atoms with Crippen molar-refractivity contribution in [3.63, 3.8) is 0 Å². The number of halogens is 1. The van der Waals surface area contributed by atoms with Crippen LogP contribution in [0, 0.1) is 0 Å². The van der Waals surface area contributed by atoms with Crippen LogP contribution in [0.2, 0.25) is 0 Å². The number of hydrogen-bond donors (Lipinski definition) is 1. The zero-order chi connectivity index (χ0) is 23.5. The molecular weight excluding hydrogens is 506 g/mol. The van der Waals surface area contributed by atoms with Gasteiger partial charge in [0.2, 0.25) is 5.91 Å². The highest BCUT2D eigenvalue weighted by Gasteiger charge is 2.24. The highest BCUT2D eigenvalue weighted by atomic mass is 79.9. The van der Waals surface area contributed by atoms with Crippen LogP contribution in [0.25, 0.3) is 21.3 Å². The molecule has 0 radical (unpaired) electrons. The Bertz CT molecular complexity index is 1360. The number of nitrogens with zero attached hydrogens (tertiary/aromatic N) is 2. The summed E-state index contributed by atoms with van der Waals surface area (Å²) in [6, 6.07) is 12.1. The van der Waals surface area contributed by atoms with Crippen LogP contribution >= 0.6 is 27.3 Å². The molecule has 0 aliphatic rings. The Morgan fingerprint density at radius 3 is 2.61 bits per heavy atom. The van der Waals surface area contributed by atoms with Gasteiger partial charge in [-0.25, -0.2) is 4.98 Å². The summed E-state index contributed by atoms with van der Waals surface area (Å²) in [5, 5.41) is 5.31. The minimum Gasteiger partial charge on any atom is -0.497 e. The van der Waals surface area contributed by atoms with E-state index in [0.29, 0.717) is 33.8 Å². The standard InChI is InChI=1S/C24H22BrN3O4S/c1-4-19(22(29)27-18-11-16(31-2)9-10-20(18)32-3)28-13-26-23-21(24(28)30)17(12-33-23)14-5-7-15(25)8-6-14/h5-13,19H,4H2,1-3H3,(H,27,29). The molecule has 0 saturated carbocycles. The van der Waals surface area contributed by atoms with Gasteiger partial charge < -0.3 is 14.8 Å². The fraction of sp³-hybridized carbons (Fsp3) is 0.208. The minimum atomic E-state index is -0.747. The molecule has 4 rings (SSSR count). The van der Waals surface area contributed by atoms with Crippen LogP contribution < -0.4 is 20.3 Å². The number of thiophene rings is 1. The number of aromatic nitrogens is 2. The maximum Gasteiger partial charge on any atom is 0.263 e. The molecule has 2 heterocycles. The Balaban J connectivity index is 1.73. The second-order valence-corrected chi connectivity index (χ2v) is 9.05. The molecule has 0 fully saturated rings. The Morgan fingerprint density at radius 2 is 1.94 bits per heavy atom. The third kappa shape index (κ3) is 4.51. The van der Waals surface area contributed by atoms with Gasteiger partial charge in [0.25, 0.3) is 5.56 Å². The first-order valence-corrected chi connectivity index (χ1v) is 11.9. The summed E-state index contributed by atoms with van der Waals surface area (Å²) in [5.41, 5.74) is 1.94. The van der Waals surface area contributed by atoms with E-state index in [4.69, 9.17) is 9.47 Å². The van der Waals surface area contributed by atoms with E-state index < -0.39 is 6.04 Å². The van der Waals surface area contributed by atoms with Gasteiger partial charge in [-0.1, -0.05) is 35.0 Å². The number of anilines is 1. The summed E-state index contributed by atoms with van der Waals surface area (Å²) in [4.78, 5) is 31.9. The van der Waals surface area contributed by atoms with Gasteiger partial charge in [-0.15, -0.1) is 11.3 Å². The number of carbonyl (C=O) groups excluding carboxylic acids is 1. The molecule has 33 heavy (non-hydrogen) atoms. The summed E-state index contributed by atoms with van der Waals surface area (Å²) in [7, 11) is 3.07. The molecule has 1 N–H and O–H groups in total. The smallest absolute Gasteiger partial charge is 0.263 e. The van der Waals surface area contributed by atoms with Gasteiger partial charge >= 0.3 is 0 Å². The first-order chi connectivity index (χ1) is 16.0. The summed E-state index contributed by atoms with van der Waals surface area (Å²) in [6.07, 6.45) is 1.85. The lowest BCUT2D eigenvalue weighted by Crippen LogP contribution is -2.33. The summed E-state index contributed by atoms with van der Waals surface area (Å²) in [6.45, 7) is 1.85. The van der Waals surface area contributed by atoms with Crippen molar-refractivity contribution in [2.75, 3.05) is 19.5 Å². The molecule has 1 unspecified atom stereocenters. The van der Waals surface area contributed by atoms with Gasteiger partial charge in [0.1, 0.15) is 22.4 Å². The van der Waals surface area contributed by atoms with E-state index >= 15 is 0 Å². The van der Waals surface area contributed by atoms with Gasteiger partial charge in [-0.2, -0.15) is 0 Å². The summed E-state index contributed by atoms with van der Waals surface area (Å²) in [5.74, 6) is 0.736. The second-order valence-electron chi connectivity index (χ2n) is 7.27. The van der Waals surface area contributed by atoms with Crippen molar-refractivity contribution in [1.29, 1.82) is 0 Å². The van der Waals surface area contributed by atoms with Gasteiger partial charge in [0.05, 0.1) is 31.6 Å². The fourth-order valence-corrected chi connectivity index (χ4v) is 4.82. The zero-order valence-electron chi connectivity index (χ0n) is 18.3. The Hall–Kier alpha value is -3.17. The molecule has 9 heteroatoms. The molecule has 7 nitrogen and oxygen atoms in total. The van der Waals surface area contributed by atoms with Crippen molar-refractivity contribution in [3.05, 3.63) is 69.0 Å². The molecular formula is C24H22BrN3O4S. The van der Waals surface area contributed by atoms with Crippen LogP contribution in [-0.4, -0.2) is 29.7 Å². The van der Waals surface area contributed by atoms with Crippen molar-refractivity contribution in [2.45, 2.75) is 19.4 Å². The number of rotatable bonds is 7. The zero-order valence-corrected chi connectivity index (χ0v) is 20.7. The highest BCUT2D eigenvalue weighted by Crippen LogP contribution is 2.32. The molecule has 0 bridgehead atoms. The molecule has 1 amide bonds. The second kappa shape index (κ2) is 9.76. The van der Waals surface area contributed by atoms with Crippen molar-refractivity contribution in [3.8, 4) is 22.6 Å². The predicted octanol–water partition coefficient (Wildman–Crippen LogP) is 5.49. The normalized spacial score (nSPS) is 11.9. The fourth-order valence-electron chi connectivity index (χ4n) is 3.65. The van der Waals surface area contributed by atoms with E-state index in [2.05, 4.69) is 26.2 Å². The average molecular weight is 528 g/mol. The molecule has 4 aromatic rings. The lowest BCUT2D eigenvalue weighted by Gasteiger charge is -2.19. The van der Waals surface area contributed by atoms with E-state index in [1.54, 1.807) is 25.3 Å². The predicted molar refractivity (Wildman–Crippen MR) is 135 cm³/mol. The molecule has 0 spiro atoms. The molecule has 2 aromatic carbocycles. The highest BCUT2D eigenvalue weighted by molar-refractivity contribution is 9.10. The van der Waals surface area contributed by atoms with Gasteiger partial charge in [0.15, 0.2) is 0 Å². The number of fused-ring (bicyclic) bond motifs is 1. The van der Waals surface area contributed by atoms with Crippen LogP contribution in [0.4, 0.5) is 5.69 Å². The number of ether oxygens (including phenoxy) is 2. The van der Waals surface area contributed by atoms with Gasteiger partial charge in [-0.05, 0) is 36.2 Å². The molecule has 0 aliphatic heterocycles. The Morgan fingerprint density at radius 1 is 1.18 bits per heavy atom. The first kappa shape index (κ1) is 23.0. The van der Waals surface area contributed by atoms with Crippen LogP contribution in [0.5, 0.6) is 11.5 Å². The number of carbonyl (C=O) groups is 1. The van der Waals surface area contributed by atoms with E-state index in [9.17, 15) is 9.59 Å². The third-order valence-corrected chi connectivity index (χ3v) is 6.78. The van der Waals surface area contributed by atoms with E-state index in [0.717, 1.165) is 15.6 Å². The maximum absolute atomic E-state index is 13.5. The number of methoxy groups -OCH3 is 2. The van der Waals surface area contributed by atoms with Gasteiger partial charge in [0, 0.05) is 21.5 Å². The number of amides is 1. The van der Waals surface area contributed by atoms with Crippen molar-refractivity contribution < 1.29 is 14.3 Å². The van der Waals surface area contributed by atoms with Crippen LogP contribution in [0.15, 0.2) is 63.4 Å². The maximum atomic E-state index is 13.5. The van der Waals surface area contributed by atoms with Crippen LogP contribution in [-0.2, 0) is 4.79 Å². The van der Waals surface area contributed by atoms with Crippen molar-refractivity contribution >= 4 is 49.1 Å². The number of hydrogen-bond acceptors (Lipinski definition) is 6.